The lowest BCUT2D eigenvalue weighted by atomic mass is 10.3. The van der Waals surface area contributed by atoms with Crippen LogP contribution in [0.2, 0.25) is 0 Å². The quantitative estimate of drug-likeness (QED) is 0.553. The van der Waals surface area contributed by atoms with Gasteiger partial charge in [-0.2, -0.15) is 0 Å². The van der Waals surface area contributed by atoms with Gasteiger partial charge in [0.25, 0.3) is 10.0 Å². The Bertz CT molecular complexity index is 702. The third kappa shape index (κ3) is 3.61. The Balaban J connectivity index is 2.35. The highest BCUT2D eigenvalue weighted by atomic mass is 127. The molecule has 0 heterocycles. The van der Waals surface area contributed by atoms with Gasteiger partial charge in [0.1, 0.15) is 4.90 Å². The largest absolute Gasteiger partial charge is 0.399 e. The zero-order chi connectivity index (χ0) is 14.0. The predicted octanol–water partition coefficient (Wildman–Crippen LogP) is 3.44. The summed E-state index contributed by atoms with van der Waals surface area (Å²) in [4.78, 5) is 0.153. The Morgan fingerprint density at radius 3 is 2.32 bits per heavy atom. The number of sulfonamides is 1. The second-order valence-corrected chi connectivity index (χ2v) is 7.55. The number of benzene rings is 2. The molecule has 0 saturated carbocycles. The zero-order valence-corrected chi connectivity index (χ0v) is 14.2. The molecular formula is C12H10BrIN2O2S. The number of rotatable bonds is 3. The van der Waals surface area contributed by atoms with Crippen LogP contribution in [-0.4, -0.2) is 8.42 Å². The summed E-state index contributed by atoms with van der Waals surface area (Å²) in [6, 6.07) is 11.7. The molecule has 2 rings (SSSR count). The van der Waals surface area contributed by atoms with Crippen molar-refractivity contribution in [2.75, 3.05) is 10.5 Å². The molecule has 2 aromatic carbocycles. The molecule has 0 bridgehead atoms. The van der Waals surface area contributed by atoms with Crippen LogP contribution in [0.15, 0.2) is 51.8 Å². The van der Waals surface area contributed by atoms with E-state index in [-0.39, 0.29) is 4.90 Å². The summed E-state index contributed by atoms with van der Waals surface area (Å²) < 4.78 is 28.5. The first-order chi connectivity index (χ1) is 8.88. The predicted molar refractivity (Wildman–Crippen MR) is 88.5 cm³/mol. The highest BCUT2D eigenvalue weighted by molar-refractivity contribution is 14.1. The summed E-state index contributed by atoms with van der Waals surface area (Å²) in [5.41, 5.74) is 6.61. The molecule has 0 atom stereocenters. The highest BCUT2D eigenvalue weighted by Gasteiger charge is 2.17. The maximum absolute atomic E-state index is 12.2. The van der Waals surface area contributed by atoms with Crippen molar-refractivity contribution in [2.45, 2.75) is 4.90 Å². The molecule has 0 amide bonds. The molecule has 0 fully saturated rings. The van der Waals surface area contributed by atoms with Gasteiger partial charge in [-0.15, -0.1) is 0 Å². The third-order valence-corrected chi connectivity index (χ3v) is 5.42. The Kier molecular flexibility index (Phi) is 4.36. The third-order valence-electron chi connectivity index (χ3n) is 2.34. The van der Waals surface area contributed by atoms with Crippen LogP contribution in [0.25, 0.3) is 0 Å². The Morgan fingerprint density at radius 1 is 1.11 bits per heavy atom. The van der Waals surface area contributed by atoms with E-state index in [9.17, 15) is 8.42 Å². The second-order valence-electron chi connectivity index (χ2n) is 3.80. The average Bonchev–Trinajstić information content (AvgIpc) is 2.31. The minimum atomic E-state index is -3.63. The Hall–Kier alpha value is -0.800. The van der Waals surface area contributed by atoms with E-state index in [1.54, 1.807) is 24.3 Å². The van der Waals surface area contributed by atoms with Gasteiger partial charge in [-0.3, -0.25) is 4.72 Å². The minimum Gasteiger partial charge on any atom is -0.399 e. The van der Waals surface area contributed by atoms with E-state index in [4.69, 9.17) is 5.73 Å². The van der Waals surface area contributed by atoms with Crippen molar-refractivity contribution in [3.05, 3.63) is 50.5 Å². The molecule has 100 valence electrons. The van der Waals surface area contributed by atoms with Crippen LogP contribution in [0.5, 0.6) is 0 Å². The van der Waals surface area contributed by atoms with Gasteiger partial charge in [-0.05, 0) is 81.0 Å². The van der Waals surface area contributed by atoms with E-state index in [0.29, 0.717) is 15.8 Å². The Morgan fingerprint density at radius 2 is 1.74 bits per heavy atom. The lowest BCUT2D eigenvalue weighted by molar-refractivity contribution is 0.601. The molecule has 0 saturated heterocycles. The summed E-state index contributed by atoms with van der Waals surface area (Å²) >= 11 is 5.36. The number of anilines is 2. The van der Waals surface area contributed by atoms with Crippen molar-refractivity contribution in [3.8, 4) is 0 Å². The van der Waals surface area contributed by atoms with E-state index in [1.807, 2.05) is 12.1 Å². The fourth-order valence-corrected chi connectivity index (χ4v) is 3.98. The normalized spacial score (nSPS) is 11.3. The van der Waals surface area contributed by atoms with Gasteiger partial charge >= 0.3 is 0 Å². The second kappa shape index (κ2) is 5.68. The van der Waals surface area contributed by atoms with E-state index in [0.717, 1.165) is 3.57 Å². The summed E-state index contributed by atoms with van der Waals surface area (Å²) in [7, 11) is -3.63. The molecule has 3 N–H and O–H groups in total. The van der Waals surface area contributed by atoms with Gasteiger partial charge in [0, 0.05) is 19.4 Å². The van der Waals surface area contributed by atoms with Gasteiger partial charge in [0.05, 0.1) is 0 Å². The van der Waals surface area contributed by atoms with E-state index in [2.05, 4.69) is 43.2 Å². The van der Waals surface area contributed by atoms with Gasteiger partial charge in [0.2, 0.25) is 0 Å². The van der Waals surface area contributed by atoms with Crippen molar-refractivity contribution in [3.63, 3.8) is 0 Å². The first-order valence-electron chi connectivity index (χ1n) is 5.22. The van der Waals surface area contributed by atoms with Crippen LogP contribution in [0.4, 0.5) is 11.4 Å². The smallest absolute Gasteiger partial charge is 0.263 e. The highest BCUT2D eigenvalue weighted by Crippen LogP contribution is 2.26. The number of hydrogen-bond donors (Lipinski definition) is 2. The van der Waals surface area contributed by atoms with Gasteiger partial charge in [-0.25, -0.2) is 8.42 Å². The van der Waals surface area contributed by atoms with Crippen LogP contribution in [0, 0.1) is 3.57 Å². The van der Waals surface area contributed by atoms with Crippen LogP contribution in [0.1, 0.15) is 0 Å². The number of hydrogen-bond acceptors (Lipinski definition) is 3. The van der Waals surface area contributed by atoms with Gasteiger partial charge in [-0.1, -0.05) is 0 Å². The van der Waals surface area contributed by atoms with E-state index >= 15 is 0 Å². The van der Waals surface area contributed by atoms with Crippen molar-refractivity contribution in [2.24, 2.45) is 0 Å². The van der Waals surface area contributed by atoms with Crippen molar-refractivity contribution in [1.29, 1.82) is 0 Å². The summed E-state index contributed by atoms with van der Waals surface area (Å²) in [5, 5.41) is 0. The molecule has 0 aliphatic rings. The zero-order valence-electron chi connectivity index (χ0n) is 9.60. The molecule has 7 heteroatoms. The van der Waals surface area contributed by atoms with Crippen LogP contribution in [-0.2, 0) is 10.0 Å². The molecular weight excluding hydrogens is 443 g/mol. The van der Waals surface area contributed by atoms with E-state index < -0.39 is 10.0 Å². The summed E-state index contributed by atoms with van der Waals surface area (Å²) in [6.07, 6.45) is 0. The number of halogens is 2. The van der Waals surface area contributed by atoms with Crippen LogP contribution >= 0.6 is 38.5 Å². The number of nitrogen functional groups attached to an aromatic ring is 1. The fraction of sp³-hybridized carbons (Fsp3) is 0. The molecule has 4 nitrogen and oxygen atoms in total. The van der Waals surface area contributed by atoms with Crippen molar-refractivity contribution in [1.82, 2.24) is 0 Å². The van der Waals surface area contributed by atoms with Crippen molar-refractivity contribution < 1.29 is 8.42 Å². The molecule has 19 heavy (non-hydrogen) atoms. The SMILES string of the molecule is Nc1ccc(S(=O)(=O)Nc2ccc(I)cc2)c(Br)c1. The molecule has 2 aromatic rings. The fourth-order valence-electron chi connectivity index (χ4n) is 1.46. The van der Waals surface area contributed by atoms with Crippen LogP contribution in [0.3, 0.4) is 0 Å². The average molecular weight is 453 g/mol. The summed E-state index contributed by atoms with van der Waals surface area (Å²) in [5.74, 6) is 0. The molecule has 0 unspecified atom stereocenters. The number of nitrogens with one attached hydrogen (secondary N) is 1. The van der Waals surface area contributed by atoms with Gasteiger partial charge < -0.3 is 5.73 Å². The number of nitrogens with two attached hydrogens (primary N) is 1. The van der Waals surface area contributed by atoms with Crippen LogP contribution < -0.4 is 10.5 Å². The molecule has 0 aromatic heterocycles. The first-order valence-corrected chi connectivity index (χ1v) is 8.57. The summed E-state index contributed by atoms with van der Waals surface area (Å²) in [6.45, 7) is 0. The monoisotopic (exact) mass is 452 g/mol. The van der Waals surface area contributed by atoms with E-state index in [1.165, 1.54) is 6.07 Å². The maximum Gasteiger partial charge on any atom is 0.263 e. The maximum atomic E-state index is 12.2. The molecule has 0 aliphatic carbocycles. The Labute approximate surface area is 133 Å². The molecule has 0 radical (unpaired) electrons. The lowest BCUT2D eigenvalue weighted by Crippen LogP contribution is -2.13. The van der Waals surface area contributed by atoms with Gasteiger partial charge in [0.15, 0.2) is 0 Å². The topological polar surface area (TPSA) is 72.2 Å². The molecule has 0 aliphatic heterocycles. The minimum absolute atomic E-state index is 0.153. The first kappa shape index (κ1) is 14.6. The molecule has 0 spiro atoms. The lowest BCUT2D eigenvalue weighted by Gasteiger charge is -2.10. The van der Waals surface area contributed by atoms with Crippen molar-refractivity contribution >= 4 is 59.9 Å². The standard InChI is InChI=1S/C12H10BrIN2O2S/c13-11-7-9(15)3-6-12(11)19(17,18)16-10-4-1-8(14)2-5-10/h1-7,16H,15H2.